The molecule has 0 saturated heterocycles. The fraction of sp³-hybridized carbons (Fsp3) is 0.250. The lowest BCUT2D eigenvalue weighted by Crippen LogP contribution is -1.98. The number of benzene rings is 1. The highest BCUT2D eigenvalue weighted by molar-refractivity contribution is 7.99. The van der Waals surface area contributed by atoms with Crippen molar-refractivity contribution in [2.45, 2.75) is 17.9 Å². The number of rotatable bonds is 1. The molecule has 0 radical (unpaired) electrons. The van der Waals surface area contributed by atoms with Gasteiger partial charge in [-0.15, -0.1) is 11.8 Å². The normalized spacial score (nSPS) is 14.5. The molecule has 1 aromatic heterocycles. The molecule has 0 amide bonds. The second kappa shape index (κ2) is 3.51. The van der Waals surface area contributed by atoms with Gasteiger partial charge < -0.3 is 5.11 Å². The first-order valence-corrected chi connectivity index (χ1v) is 6.03. The number of aliphatic hydroxyl groups excluding tert-OH is 1. The second-order valence-corrected chi connectivity index (χ2v) is 4.75. The van der Waals surface area contributed by atoms with Crippen LogP contribution in [0.2, 0.25) is 0 Å². The molecule has 0 fully saturated rings. The summed E-state index contributed by atoms with van der Waals surface area (Å²) < 4.78 is 0. The van der Waals surface area contributed by atoms with Crippen LogP contribution in [-0.2, 0) is 13.0 Å². The van der Waals surface area contributed by atoms with Crippen molar-refractivity contribution in [3.8, 4) is 0 Å². The Labute approximate surface area is 92.3 Å². The monoisotopic (exact) mass is 217 g/mol. The minimum Gasteiger partial charge on any atom is -0.390 e. The van der Waals surface area contributed by atoms with Crippen molar-refractivity contribution >= 4 is 22.7 Å². The van der Waals surface area contributed by atoms with Crippen LogP contribution in [0.1, 0.15) is 11.3 Å². The van der Waals surface area contributed by atoms with Gasteiger partial charge in [-0.2, -0.15) is 0 Å². The minimum absolute atomic E-state index is 0.0493. The van der Waals surface area contributed by atoms with Crippen LogP contribution < -0.4 is 0 Å². The van der Waals surface area contributed by atoms with Gasteiger partial charge >= 0.3 is 0 Å². The van der Waals surface area contributed by atoms with Crippen molar-refractivity contribution in [3.05, 3.63) is 35.5 Å². The highest BCUT2D eigenvalue weighted by atomic mass is 32.2. The Balaban J connectivity index is 2.40. The standard InChI is InChI=1S/C12H11NOS/c14-7-11-9-5-6-15-12(9)8-3-1-2-4-10(8)13-11/h1-4,14H,5-7H2. The van der Waals surface area contributed by atoms with E-state index >= 15 is 0 Å². The Hall–Kier alpha value is -1.06. The predicted molar refractivity (Wildman–Crippen MR) is 62.1 cm³/mol. The van der Waals surface area contributed by atoms with Gasteiger partial charge in [0.25, 0.3) is 0 Å². The van der Waals surface area contributed by atoms with Crippen LogP contribution in [0.5, 0.6) is 0 Å². The van der Waals surface area contributed by atoms with E-state index in [4.69, 9.17) is 0 Å². The molecule has 2 heterocycles. The van der Waals surface area contributed by atoms with Crippen molar-refractivity contribution in [3.63, 3.8) is 0 Å². The number of aromatic nitrogens is 1. The van der Waals surface area contributed by atoms with Gasteiger partial charge in [0, 0.05) is 16.0 Å². The molecular weight excluding hydrogens is 206 g/mol. The third kappa shape index (κ3) is 1.34. The molecule has 1 aliphatic rings. The van der Waals surface area contributed by atoms with E-state index in [1.807, 2.05) is 30.0 Å². The largest absolute Gasteiger partial charge is 0.390 e. The van der Waals surface area contributed by atoms with Crippen molar-refractivity contribution in [1.82, 2.24) is 4.98 Å². The van der Waals surface area contributed by atoms with E-state index in [9.17, 15) is 5.11 Å². The molecule has 0 bridgehead atoms. The van der Waals surface area contributed by atoms with Gasteiger partial charge in [0.2, 0.25) is 0 Å². The fourth-order valence-electron chi connectivity index (χ4n) is 2.08. The number of fused-ring (bicyclic) bond motifs is 3. The molecule has 15 heavy (non-hydrogen) atoms. The lowest BCUT2D eigenvalue weighted by Gasteiger charge is -2.08. The van der Waals surface area contributed by atoms with E-state index in [0.717, 1.165) is 23.4 Å². The molecule has 1 N–H and O–H groups in total. The van der Waals surface area contributed by atoms with Crippen LogP contribution in [0, 0.1) is 0 Å². The Morgan fingerprint density at radius 2 is 2.20 bits per heavy atom. The molecule has 76 valence electrons. The van der Waals surface area contributed by atoms with E-state index in [1.54, 1.807) is 0 Å². The Kier molecular flexibility index (Phi) is 2.15. The molecule has 0 aliphatic carbocycles. The zero-order valence-electron chi connectivity index (χ0n) is 8.23. The van der Waals surface area contributed by atoms with Crippen molar-refractivity contribution < 1.29 is 5.11 Å². The number of hydrogen-bond acceptors (Lipinski definition) is 3. The van der Waals surface area contributed by atoms with Gasteiger partial charge in [0.15, 0.2) is 0 Å². The highest BCUT2D eigenvalue weighted by Crippen LogP contribution is 2.38. The lowest BCUT2D eigenvalue weighted by atomic mass is 10.1. The van der Waals surface area contributed by atoms with Crippen LogP contribution >= 0.6 is 11.8 Å². The average Bonchev–Trinajstić information content (AvgIpc) is 2.77. The molecule has 3 rings (SSSR count). The molecule has 3 heteroatoms. The average molecular weight is 217 g/mol. The number of aliphatic hydroxyl groups is 1. The minimum atomic E-state index is 0.0493. The zero-order chi connectivity index (χ0) is 10.3. The van der Waals surface area contributed by atoms with E-state index < -0.39 is 0 Å². The van der Waals surface area contributed by atoms with E-state index in [-0.39, 0.29) is 6.61 Å². The molecule has 1 aliphatic heterocycles. The molecule has 0 unspecified atom stereocenters. The number of para-hydroxylation sites is 1. The highest BCUT2D eigenvalue weighted by Gasteiger charge is 2.19. The summed E-state index contributed by atoms with van der Waals surface area (Å²) in [4.78, 5) is 5.83. The summed E-state index contributed by atoms with van der Waals surface area (Å²) >= 11 is 1.88. The molecule has 1 aromatic carbocycles. The van der Waals surface area contributed by atoms with Crippen molar-refractivity contribution in [1.29, 1.82) is 0 Å². The van der Waals surface area contributed by atoms with Gasteiger partial charge in [0.05, 0.1) is 17.8 Å². The van der Waals surface area contributed by atoms with Gasteiger partial charge in [-0.1, -0.05) is 18.2 Å². The van der Waals surface area contributed by atoms with Gasteiger partial charge in [-0.05, 0) is 18.1 Å². The SMILES string of the molecule is OCc1nc2ccccc2c2c1CCS2. The summed E-state index contributed by atoms with van der Waals surface area (Å²) in [5, 5.41) is 10.5. The summed E-state index contributed by atoms with van der Waals surface area (Å²) in [6, 6.07) is 8.15. The summed E-state index contributed by atoms with van der Waals surface area (Å²) in [5.41, 5.74) is 3.10. The summed E-state index contributed by atoms with van der Waals surface area (Å²) in [5.74, 6) is 1.11. The Bertz CT molecular complexity index is 524. The maximum atomic E-state index is 9.29. The number of hydrogen-bond donors (Lipinski definition) is 1. The first-order valence-electron chi connectivity index (χ1n) is 5.04. The predicted octanol–water partition coefficient (Wildman–Crippen LogP) is 2.38. The molecule has 0 saturated carbocycles. The Morgan fingerprint density at radius 3 is 3.07 bits per heavy atom. The second-order valence-electron chi connectivity index (χ2n) is 3.64. The van der Waals surface area contributed by atoms with Crippen molar-refractivity contribution in [2.75, 3.05) is 5.75 Å². The quantitative estimate of drug-likeness (QED) is 0.796. The van der Waals surface area contributed by atoms with Gasteiger partial charge in [0.1, 0.15) is 0 Å². The number of nitrogens with zero attached hydrogens (tertiary/aromatic N) is 1. The smallest absolute Gasteiger partial charge is 0.0856 e. The number of pyridine rings is 1. The van der Waals surface area contributed by atoms with Crippen LogP contribution in [0.3, 0.4) is 0 Å². The van der Waals surface area contributed by atoms with Crippen LogP contribution in [0.4, 0.5) is 0 Å². The third-order valence-electron chi connectivity index (χ3n) is 2.77. The summed E-state index contributed by atoms with van der Waals surface area (Å²) in [6.07, 6.45) is 1.04. The first kappa shape index (κ1) is 9.19. The zero-order valence-corrected chi connectivity index (χ0v) is 9.05. The van der Waals surface area contributed by atoms with E-state index in [2.05, 4.69) is 11.1 Å². The summed E-state index contributed by atoms with van der Waals surface area (Å²) in [7, 11) is 0. The van der Waals surface area contributed by atoms with Crippen molar-refractivity contribution in [2.24, 2.45) is 0 Å². The van der Waals surface area contributed by atoms with E-state index in [0.29, 0.717) is 0 Å². The topological polar surface area (TPSA) is 33.1 Å². The van der Waals surface area contributed by atoms with E-state index in [1.165, 1.54) is 15.8 Å². The van der Waals surface area contributed by atoms with Crippen LogP contribution in [-0.4, -0.2) is 15.8 Å². The van der Waals surface area contributed by atoms with Crippen LogP contribution in [0.25, 0.3) is 10.9 Å². The van der Waals surface area contributed by atoms with Gasteiger partial charge in [-0.3, -0.25) is 4.98 Å². The van der Waals surface area contributed by atoms with Crippen LogP contribution in [0.15, 0.2) is 29.2 Å². The summed E-state index contributed by atoms with van der Waals surface area (Å²) in [6.45, 7) is 0.0493. The molecular formula is C12H11NOS. The molecule has 2 aromatic rings. The molecule has 2 nitrogen and oxygen atoms in total. The molecule has 0 atom stereocenters. The maximum absolute atomic E-state index is 9.29. The fourth-order valence-corrected chi connectivity index (χ4v) is 3.31. The van der Waals surface area contributed by atoms with Gasteiger partial charge in [-0.25, -0.2) is 0 Å². The lowest BCUT2D eigenvalue weighted by molar-refractivity contribution is 0.276. The Morgan fingerprint density at radius 1 is 1.33 bits per heavy atom. The first-order chi connectivity index (χ1) is 7.40. The third-order valence-corrected chi connectivity index (χ3v) is 3.94. The number of thioether (sulfide) groups is 1. The molecule has 0 spiro atoms. The maximum Gasteiger partial charge on any atom is 0.0856 e.